The molecule has 1 unspecified atom stereocenters. The summed E-state index contributed by atoms with van der Waals surface area (Å²) in [5, 5.41) is 1.55. The molecule has 2 aromatic rings. The second-order valence-corrected chi connectivity index (χ2v) is 7.88. The molecule has 23 heavy (non-hydrogen) atoms. The third-order valence-electron chi connectivity index (χ3n) is 2.90. The van der Waals surface area contributed by atoms with Crippen LogP contribution in [0.15, 0.2) is 69.0 Å². The number of hydrogen-bond donors (Lipinski definition) is 0. The van der Waals surface area contributed by atoms with Crippen LogP contribution in [0.4, 0.5) is 0 Å². The summed E-state index contributed by atoms with van der Waals surface area (Å²) < 4.78 is 13.9. The Morgan fingerprint density at radius 3 is 1.91 bits per heavy atom. The molecule has 0 aliphatic heterocycles. The summed E-state index contributed by atoms with van der Waals surface area (Å²) >= 11 is 5.40. The van der Waals surface area contributed by atoms with Gasteiger partial charge in [-0.05, 0) is 58.7 Å². The van der Waals surface area contributed by atoms with Gasteiger partial charge in [-0.3, -0.25) is 4.79 Å². The van der Waals surface area contributed by atoms with E-state index in [0.29, 0.717) is 0 Å². The zero-order chi connectivity index (χ0) is 16.7. The molecule has 0 aromatic heterocycles. The molecule has 0 radical (unpaired) electrons. The van der Waals surface area contributed by atoms with E-state index >= 15 is 0 Å². The van der Waals surface area contributed by atoms with Crippen molar-refractivity contribution in [2.75, 3.05) is 5.75 Å². The molecule has 2 aromatic carbocycles. The molecule has 0 saturated carbocycles. The fourth-order valence-corrected chi connectivity index (χ4v) is 3.04. The molecule has 0 saturated heterocycles. The van der Waals surface area contributed by atoms with Crippen LogP contribution in [-0.2, 0) is 16.0 Å². The molecule has 1 atom stereocenters. The van der Waals surface area contributed by atoms with Crippen LogP contribution in [0.3, 0.4) is 0 Å². The van der Waals surface area contributed by atoms with Crippen LogP contribution in [0.2, 0.25) is 0 Å². The molecular weight excluding hydrogens is 440 g/mol. The molecule has 0 aliphatic carbocycles. The molecular formula is C18H14Br2O2S. The van der Waals surface area contributed by atoms with Crippen molar-refractivity contribution < 1.29 is 9.35 Å². The lowest BCUT2D eigenvalue weighted by molar-refractivity contribution is -0.112. The van der Waals surface area contributed by atoms with Gasteiger partial charge in [0, 0.05) is 8.95 Å². The second-order valence-electron chi connectivity index (χ2n) is 4.73. The third kappa shape index (κ3) is 6.87. The van der Waals surface area contributed by atoms with Gasteiger partial charge in [0.15, 0.2) is 5.75 Å². The Labute approximate surface area is 155 Å². The van der Waals surface area contributed by atoms with Crippen LogP contribution in [0, 0.1) is 0 Å². The minimum atomic E-state index is -1.32. The largest absolute Gasteiger partial charge is 0.612 e. The van der Waals surface area contributed by atoms with Gasteiger partial charge < -0.3 is 4.55 Å². The molecule has 2 rings (SSSR count). The quantitative estimate of drug-likeness (QED) is 0.444. The van der Waals surface area contributed by atoms with Crippen molar-refractivity contribution in [1.29, 1.82) is 0 Å². The van der Waals surface area contributed by atoms with Crippen LogP contribution < -0.4 is 0 Å². The van der Waals surface area contributed by atoms with E-state index in [-0.39, 0.29) is 11.5 Å². The highest BCUT2D eigenvalue weighted by atomic mass is 79.9. The fourth-order valence-electron chi connectivity index (χ4n) is 1.73. The van der Waals surface area contributed by atoms with Gasteiger partial charge in [0.05, 0.1) is 0 Å². The number of carbonyl (C=O) groups excluding carboxylic acids is 1. The molecule has 118 valence electrons. The zero-order valence-electron chi connectivity index (χ0n) is 12.1. The first-order valence-electron chi connectivity index (χ1n) is 6.80. The Bertz CT molecular complexity index is 707. The first-order valence-corrected chi connectivity index (χ1v) is 9.77. The Kier molecular flexibility index (Phi) is 7.30. The summed E-state index contributed by atoms with van der Waals surface area (Å²) in [5.41, 5.74) is 1.87. The zero-order valence-corrected chi connectivity index (χ0v) is 16.1. The first-order chi connectivity index (χ1) is 11.0. The maximum Gasteiger partial charge on any atom is 0.205 e. The van der Waals surface area contributed by atoms with Crippen molar-refractivity contribution in [3.63, 3.8) is 0 Å². The third-order valence-corrected chi connectivity index (χ3v) is 4.96. The maximum atomic E-state index is 11.9. The Balaban J connectivity index is 1.86. The number of rotatable bonds is 6. The normalized spacial score (nSPS) is 12.8. The van der Waals surface area contributed by atoms with E-state index in [1.807, 2.05) is 48.5 Å². The van der Waals surface area contributed by atoms with Gasteiger partial charge in [-0.25, -0.2) is 0 Å². The van der Waals surface area contributed by atoms with Crippen LogP contribution in [0.25, 0.3) is 12.2 Å². The van der Waals surface area contributed by atoms with Crippen LogP contribution in [0.1, 0.15) is 11.1 Å². The van der Waals surface area contributed by atoms with Gasteiger partial charge in [0.25, 0.3) is 0 Å². The number of hydrogen-bond acceptors (Lipinski definition) is 2. The molecule has 0 aliphatic rings. The molecule has 0 spiro atoms. The summed E-state index contributed by atoms with van der Waals surface area (Å²) in [6.45, 7) is 0. The van der Waals surface area contributed by atoms with Crippen LogP contribution in [-0.4, -0.2) is 16.1 Å². The summed E-state index contributed by atoms with van der Waals surface area (Å²) in [6.07, 6.45) is 4.95. The highest BCUT2D eigenvalue weighted by molar-refractivity contribution is 9.10. The molecule has 5 heteroatoms. The van der Waals surface area contributed by atoms with Crippen LogP contribution >= 0.6 is 31.9 Å². The van der Waals surface area contributed by atoms with E-state index in [2.05, 4.69) is 31.9 Å². The highest BCUT2D eigenvalue weighted by Crippen LogP contribution is 2.13. The smallest absolute Gasteiger partial charge is 0.205 e. The topological polar surface area (TPSA) is 40.1 Å². The number of benzene rings is 2. The summed E-state index contributed by atoms with van der Waals surface area (Å²) in [7, 11) is 0. The van der Waals surface area contributed by atoms with Crippen LogP contribution in [0.5, 0.6) is 0 Å². The Morgan fingerprint density at radius 2 is 1.39 bits per heavy atom. The molecule has 0 N–H and O–H groups in total. The fraction of sp³-hybridized carbons (Fsp3) is 0.0556. The van der Waals surface area contributed by atoms with Crippen molar-refractivity contribution in [2.24, 2.45) is 0 Å². The summed E-state index contributed by atoms with van der Waals surface area (Å²) in [6, 6.07) is 15.3. The molecule has 0 heterocycles. The van der Waals surface area contributed by atoms with E-state index in [4.69, 9.17) is 0 Å². The number of carbonyl (C=O) groups is 1. The predicted octanol–water partition coefficient (Wildman–Crippen LogP) is 5.21. The Morgan fingerprint density at radius 1 is 0.913 bits per heavy atom. The SMILES string of the molecule is O=C(/C=C/c1ccc(Br)cc1)C[S+]([O-])/C=C\c1ccc(Br)cc1. The van der Waals surface area contributed by atoms with Crippen molar-refractivity contribution in [3.05, 3.63) is 80.1 Å². The Hall–Kier alpha value is -1.14. The lowest BCUT2D eigenvalue weighted by Gasteiger charge is -2.02. The van der Waals surface area contributed by atoms with E-state index in [9.17, 15) is 9.35 Å². The molecule has 0 bridgehead atoms. The van der Waals surface area contributed by atoms with E-state index in [1.54, 1.807) is 17.6 Å². The number of halogens is 2. The monoisotopic (exact) mass is 452 g/mol. The molecule has 0 amide bonds. The van der Waals surface area contributed by atoms with Crippen molar-refractivity contribution in [3.8, 4) is 0 Å². The summed E-state index contributed by atoms with van der Waals surface area (Å²) in [5.74, 6) is -0.174. The average molecular weight is 454 g/mol. The average Bonchev–Trinajstić information content (AvgIpc) is 2.54. The van der Waals surface area contributed by atoms with E-state index < -0.39 is 11.2 Å². The van der Waals surface area contributed by atoms with Gasteiger partial charge in [0.2, 0.25) is 5.78 Å². The van der Waals surface area contributed by atoms with Crippen molar-refractivity contribution in [2.45, 2.75) is 0 Å². The number of allylic oxidation sites excluding steroid dienone is 1. The van der Waals surface area contributed by atoms with E-state index in [1.165, 1.54) is 6.08 Å². The predicted molar refractivity (Wildman–Crippen MR) is 104 cm³/mol. The van der Waals surface area contributed by atoms with Gasteiger partial charge in [-0.15, -0.1) is 0 Å². The minimum absolute atomic E-state index is 0.0138. The standard InChI is InChI=1S/C18H14Br2O2S/c19-16-6-1-14(2-7-16)5-10-18(21)13-23(22)12-11-15-3-8-17(20)9-4-15/h1-12H,13H2/b10-5+,12-11-. The molecule has 2 nitrogen and oxygen atoms in total. The molecule has 0 fully saturated rings. The van der Waals surface area contributed by atoms with Gasteiger partial charge in [-0.2, -0.15) is 0 Å². The number of ketones is 1. The maximum absolute atomic E-state index is 11.9. The van der Waals surface area contributed by atoms with Crippen molar-refractivity contribution >= 4 is 61.0 Å². The minimum Gasteiger partial charge on any atom is -0.612 e. The van der Waals surface area contributed by atoms with Gasteiger partial charge >= 0.3 is 0 Å². The lowest BCUT2D eigenvalue weighted by atomic mass is 10.2. The highest BCUT2D eigenvalue weighted by Gasteiger charge is 2.07. The van der Waals surface area contributed by atoms with Gasteiger partial charge in [0.1, 0.15) is 5.41 Å². The van der Waals surface area contributed by atoms with Crippen molar-refractivity contribution in [1.82, 2.24) is 0 Å². The van der Waals surface area contributed by atoms with Gasteiger partial charge in [-0.1, -0.05) is 62.2 Å². The summed E-state index contributed by atoms with van der Waals surface area (Å²) in [4.78, 5) is 11.8. The lowest BCUT2D eigenvalue weighted by Crippen LogP contribution is -2.11. The van der Waals surface area contributed by atoms with E-state index in [0.717, 1.165) is 20.1 Å². The first kappa shape index (κ1) is 18.2. The second kappa shape index (κ2) is 9.23.